The molecular weight excluding hydrogens is 307 g/mol. The summed E-state index contributed by atoms with van der Waals surface area (Å²) in [6.07, 6.45) is 0. The predicted octanol–water partition coefficient (Wildman–Crippen LogP) is 3.12. The molecule has 0 aliphatic heterocycles. The van der Waals surface area contributed by atoms with Crippen LogP contribution in [0.1, 0.15) is 0 Å². The van der Waals surface area contributed by atoms with Crippen molar-refractivity contribution in [1.29, 1.82) is 0 Å². The van der Waals surface area contributed by atoms with E-state index in [1.807, 2.05) is 0 Å². The van der Waals surface area contributed by atoms with Gasteiger partial charge in [-0.1, -0.05) is 23.7 Å². The van der Waals surface area contributed by atoms with Crippen molar-refractivity contribution in [1.82, 2.24) is 4.98 Å². The summed E-state index contributed by atoms with van der Waals surface area (Å²) >= 11 is 5.80. The lowest BCUT2D eigenvalue weighted by Gasteiger charge is -2.09. The van der Waals surface area contributed by atoms with Crippen molar-refractivity contribution in [2.75, 3.05) is 0 Å². The van der Waals surface area contributed by atoms with Crippen molar-refractivity contribution in [2.24, 2.45) is 0 Å². The fourth-order valence-electron chi connectivity index (χ4n) is 1.30. The topological polar surface area (TPSA) is 56.3 Å². The van der Waals surface area contributed by atoms with Crippen LogP contribution in [0.2, 0.25) is 5.02 Å². The van der Waals surface area contributed by atoms with Crippen molar-refractivity contribution in [3.05, 3.63) is 35.4 Å². The number of nitrogens with zero attached hydrogens (tertiary/aromatic N) is 1. The van der Waals surface area contributed by atoms with E-state index in [2.05, 4.69) is 9.17 Å². The summed E-state index contributed by atoms with van der Waals surface area (Å²) in [5.74, 6) is -0.696. The van der Waals surface area contributed by atoms with Crippen molar-refractivity contribution in [2.45, 2.75) is 5.51 Å². The van der Waals surface area contributed by atoms with E-state index in [1.54, 1.807) is 12.1 Å². The Kier molecular flexibility index (Phi) is 3.31. The first-order valence-corrected chi connectivity index (χ1v) is 6.55. The van der Waals surface area contributed by atoms with Crippen LogP contribution in [-0.2, 0) is 10.1 Å². The minimum Gasteiger partial charge on any atom is -0.355 e. The van der Waals surface area contributed by atoms with Crippen LogP contribution in [0.3, 0.4) is 0 Å². The van der Waals surface area contributed by atoms with E-state index in [1.165, 1.54) is 12.1 Å². The lowest BCUT2D eigenvalue weighted by molar-refractivity contribution is -0.0501. The number of hydrogen-bond donors (Lipinski definition) is 0. The fraction of sp³-hybridized carbons (Fsp3) is 0.100. The first kappa shape index (κ1) is 13.9. The van der Waals surface area contributed by atoms with Gasteiger partial charge in [-0.15, -0.1) is 0 Å². The molecule has 4 nitrogen and oxygen atoms in total. The molecule has 0 radical (unpaired) electrons. The Labute approximate surface area is 110 Å². The Balaban J connectivity index is 2.46. The maximum absolute atomic E-state index is 12.1. The maximum atomic E-state index is 12.1. The molecule has 0 aliphatic carbocycles. The molecule has 0 aliphatic rings. The Hall–Kier alpha value is -1.54. The highest BCUT2D eigenvalue weighted by Crippen LogP contribution is 2.28. The number of para-hydroxylation sites is 1. The van der Waals surface area contributed by atoms with Crippen molar-refractivity contribution in [3.8, 4) is 5.88 Å². The molecule has 2 rings (SSSR count). The number of rotatable bonds is 2. The van der Waals surface area contributed by atoms with Crippen LogP contribution in [0.25, 0.3) is 10.9 Å². The molecule has 0 unspecified atom stereocenters. The summed E-state index contributed by atoms with van der Waals surface area (Å²) in [7, 11) is -5.74. The smallest absolute Gasteiger partial charge is 0.355 e. The first-order valence-electron chi connectivity index (χ1n) is 4.77. The number of fused-ring (bicyclic) bond motifs is 1. The van der Waals surface area contributed by atoms with Gasteiger partial charge in [-0.25, -0.2) is 4.98 Å². The van der Waals surface area contributed by atoms with Gasteiger partial charge in [-0.05, 0) is 12.1 Å². The van der Waals surface area contributed by atoms with Gasteiger partial charge in [0, 0.05) is 11.5 Å². The summed E-state index contributed by atoms with van der Waals surface area (Å²) in [5.41, 5.74) is -5.36. The van der Waals surface area contributed by atoms with Gasteiger partial charge in [0.05, 0.1) is 10.5 Å². The van der Waals surface area contributed by atoms with E-state index in [0.29, 0.717) is 5.39 Å². The molecule has 19 heavy (non-hydrogen) atoms. The van der Waals surface area contributed by atoms with Gasteiger partial charge in [0.25, 0.3) is 0 Å². The van der Waals surface area contributed by atoms with Gasteiger partial charge in [0.2, 0.25) is 5.88 Å². The monoisotopic (exact) mass is 311 g/mol. The molecule has 2 aromatic rings. The van der Waals surface area contributed by atoms with E-state index < -0.39 is 21.5 Å². The number of hydrogen-bond acceptors (Lipinski definition) is 4. The highest BCUT2D eigenvalue weighted by atomic mass is 35.5. The van der Waals surface area contributed by atoms with Crippen LogP contribution in [0.4, 0.5) is 13.2 Å². The van der Waals surface area contributed by atoms with E-state index in [4.69, 9.17) is 11.6 Å². The highest BCUT2D eigenvalue weighted by Gasteiger charge is 2.48. The second kappa shape index (κ2) is 4.53. The van der Waals surface area contributed by atoms with Gasteiger partial charge in [0.15, 0.2) is 0 Å². The normalized spacial score (nSPS) is 12.6. The number of alkyl halides is 3. The summed E-state index contributed by atoms with van der Waals surface area (Å²) in [4.78, 5) is 3.64. The lowest BCUT2D eigenvalue weighted by Crippen LogP contribution is -2.28. The molecule has 0 spiro atoms. The molecule has 102 valence electrons. The zero-order valence-electron chi connectivity index (χ0n) is 8.98. The van der Waals surface area contributed by atoms with Crippen molar-refractivity contribution >= 4 is 32.6 Å². The standard InChI is InChI=1S/C10H5ClF3NO3S/c11-7-3-1-2-6-4-5-8(15-9(6)7)18-19(16,17)10(12,13)14/h1-5H. The molecule has 1 heterocycles. The third-order valence-corrected chi connectivity index (χ3v) is 3.39. The molecule has 0 N–H and O–H groups in total. The van der Waals surface area contributed by atoms with Gasteiger partial charge in [-0.3, -0.25) is 0 Å². The molecule has 0 bridgehead atoms. The Morgan fingerprint density at radius 1 is 1.16 bits per heavy atom. The molecule has 0 atom stereocenters. The predicted molar refractivity (Wildman–Crippen MR) is 62.4 cm³/mol. The number of pyridine rings is 1. The number of benzene rings is 1. The average molecular weight is 312 g/mol. The van der Waals surface area contributed by atoms with Crippen LogP contribution in [0.5, 0.6) is 5.88 Å². The second-order valence-electron chi connectivity index (χ2n) is 3.44. The minimum atomic E-state index is -5.74. The molecular formula is C10H5ClF3NO3S. The molecule has 1 aromatic heterocycles. The van der Waals surface area contributed by atoms with Gasteiger partial charge in [-0.2, -0.15) is 21.6 Å². The zero-order chi connectivity index (χ0) is 14.3. The van der Waals surface area contributed by atoms with Crippen molar-refractivity contribution in [3.63, 3.8) is 0 Å². The van der Waals surface area contributed by atoms with Gasteiger partial charge >= 0.3 is 15.6 Å². The largest absolute Gasteiger partial charge is 0.534 e. The quantitative estimate of drug-likeness (QED) is 0.631. The Morgan fingerprint density at radius 3 is 2.47 bits per heavy atom. The molecule has 0 saturated carbocycles. The third kappa shape index (κ3) is 2.74. The van der Waals surface area contributed by atoms with Crippen LogP contribution >= 0.6 is 11.6 Å². The SMILES string of the molecule is O=S(=O)(Oc1ccc2cccc(Cl)c2n1)C(F)(F)F. The number of aromatic nitrogens is 1. The van der Waals surface area contributed by atoms with E-state index in [9.17, 15) is 21.6 Å². The summed E-state index contributed by atoms with van der Waals surface area (Å²) in [6.45, 7) is 0. The Morgan fingerprint density at radius 2 is 1.84 bits per heavy atom. The molecule has 1 aromatic carbocycles. The highest BCUT2D eigenvalue weighted by molar-refractivity contribution is 7.87. The number of halogens is 4. The van der Waals surface area contributed by atoms with E-state index >= 15 is 0 Å². The second-order valence-corrected chi connectivity index (χ2v) is 5.39. The molecule has 0 fully saturated rings. The summed E-state index contributed by atoms with van der Waals surface area (Å²) in [6, 6.07) is 7.09. The molecule has 0 amide bonds. The third-order valence-electron chi connectivity index (χ3n) is 2.12. The summed E-state index contributed by atoms with van der Waals surface area (Å²) < 4.78 is 62.0. The average Bonchev–Trinajstić information content (AvgIpc) is 2.28. The van der Waals surface area contributed by atoms with Gasteiger partial charge in [0.1, 0.15) is 0 Å². The zero-order valence-corrected chi connectivity index (χ0v) is 10.6. The van der Waals surface area contributed by atoms with Crippen molar-refractivity contribution < 1.29 is 25.8 Å². The lowest BCUT2D eigenvalue weighted by atomic mass is 10.2. The van der Waals surface area contributed by atoms with E-state index in [-0.39, 0.29) is 10.5 Å². The van der Waals surface area contributed by atoms with E-state index in [0.717, 1.165) is 6.07 Å². The van der Waals surface area contributed by atoms with Crippen LogP contribution in [0, 0.1) is 0 Å². The van der Waals surface area contributed by atoms with Gasteiger partial charge < -0.3 is 4.18 Å². The first-order chi connectivity index (χ1) is 8.71. The van der Waals surface area contributed by atoms with Crippen LogP contribution < -0.4 is 4.18 Å². The fourth-order valence-corrected chi connectivity index (χ4v) is 1.94. The Bertz CT molecular complexity index is 730. The minimum absolute atomic E-state index is 0.152. The molecule has 0 saturated heterocycles. The van der Waals surface area contributed by atoms with Crippen LogP contribution in [-0.4, -0.2) is 18.9 Å². The van der Waals surface area contributed by atoms with Crippen LogP contribution in [0.15, 0.2) is 30.3 Å². The summed E-state index contributed by atoms with van der Waals surface area (Å²) in [5, 5.41) is 0.719. The maximum Gasteiger partial charge on any atom is 0.534 e. The molecule has 9 heteroatoms.